The van der Waals surface area contributed by atoms with Gasteiger partial charge in [-0.1, -0.05) is 23.2 Å². The summed E-state index contributed by atoms with van der Waals surface area (Å²) in [4.78, 5) is 22.7. The molecule has 2 aromatic rings. The number of amides is 2. The number of anilines is 1. The molecule has 2 rings (SSSR count). The van der Waals surface area contributed by atoms with Gasteiger partial charge in [0, 0.05) is 11.3 Å². The number of halogens is 2. The lowest BCUT2D eigenvalue weighted by atomic mass is 10.2. The second-order valence-corrected chi connectivity index (χ2v) is 5.18. The molecular weight excluding hydrogens is 327 g/mol. The molecule has 7 heteroatoms. The van der Waals surface area contributed by atoms with E-state index < -0.39 is 5.91 Å². The maximum atomic E-state index is 12.1. The monoisotopic (exact) mass is 338 g/mol. The zero-order chi connectivity index (χ0) is 16.1. The summed E-state index contributed by atoms with van der Waals surface area (Å²) < 4.78 is 5.12. The Bertz CT molecular complexity index is 702. The van der Waals surface area contributed by atoms with Gasteiger partial charge < -0.3 is 15.8 Å². The van der Waals surface area contributed by atoms with Crippen LogP contribution < -0.4 is 15.8 Å². The third-order valence-electron chi connectivity index (χ3n) is 2.68. The topological polar surface area (TPSA) is 81.4 Å². The highest BCUT2D eigenvalue weighted by Crippen LogP contribution is 2.23. The molecule has 0 radical (unpaired) electrons. The van der Waals surface area contributed by atoms with Crippen LogP contribution in [-0.2, 0) is 4.79 Å². The Morgan fingerprint density at radius 2 is 1.73 bits per heavy atom. The van der Waals surface area contributed by atoms with Crippen molar-refractivity contribution in [3.8, 4) is 5.75 Å². The van der Waals surface area contributed by atoms with Gasteiger partial charge >= 0.3 is 0 Å². The van der Waals surface area contributed by atoms with E-state index in [1.165, 1.54) is 6.07 Å². The molecule has 2 amide bonds. The first-order valence-electron chi connectivity index (χ1n) is 6.23. The predicted molar refractivity (Wildman–Crippen MR) is 85.5 cm³/mol. The lowest BCUT2D eigenvalue weighted by Gasteiger charge is -2.08. The Morgan fingerprint density at radius 3 is 2.32 bits per heavy atom. The van der Waals surface area contributed by atoms with Crippen molar-refractivity contribution in [1.29, 1.82) is 0 Å². The van der Waals surface area contributed by atoms with Crippen molar-refractivity contribution in [2.24, 2.45) is 5.73 Å². The molecule has 0 unspecified atom stereocenters. The fourth-order valence-corrected chi connectivity index (χ4v) is 1.93. The van der Waals surface area contributed by atoms with Gasteiger partial charge in [0.2, 0.25) is 0 Å². The molecule has 0 aliphatic carbocycles. The summed E-state index contributed by atoms with van der Waals surface area (Å²) in [6.45, 7) is -0.199. The largest absolute Gasteiger partial charge is 0.484 e. The summed E-state index contributed by atoms with van der Waals surface area (Å²) in [5.74, 6) is -0.396. The summed E-state index contributed by atoms with van der Waals surface area (Å²) in [6.07, 6.45) is 0. The summed E-state index contributed by atoms with van der Waals surface area (Å²) >= 11 is 11.7. The Kier molecular flexibility index (Phi) is 5.25. The Morgan fingerprint density at radius 1 is 1.05 bits per heavy atom. The van der Waals surface area contributed by atoms with Gasteiger partial charge in [0.05, 0.1) is 10.0 Å². The zero-order valence-corrected chi connectivity index (χ0v) is 12.8. The molecule has 0 saturated heterocycles. The van der Waals surface area contributed by atoms with Crippen molar-refractivity contribution < 1.29 is 14.3 Å². The van der Waals surface area contributed by atoms with E-state index in [-0.39, 0.29) is 12.5 Å². The number of nitrogens with one attached hydrogen (secondary N) is 1. The SMILES string of the molecule is NC(=O)COc1ccc(NC(=O)c2ccc(Cl)c(Cl)c2)cc1. The van der Waals surface area contributed by atoms with Crippen molar-refractivity contribution >= 4 is 40.7 Å². The molecule has 114 valence electrons. The highest BCUT2D eigenvalue weighted by Gasteiger charge is 2.08. The lowest BCUT2D eigenvalue weighted by molar-refractivity contribution is -0.119. The number of ether oxygens (including phenoxy) is 1. The average Bonchev–Trinajstić information content (AvgIpc) is 2.49. The van der Waals surface area contributed by atoms with Gasteiger partial charge in [-0.25, -0.2) is 0 Å². The summed E-state index contributed by atoms with van der Waals surface area (Å²) in [7, 11) is 0. The van der Waals surface area contributed by atoms with Crippen LogP contribution in [-0.4, -0.2) is 18.4 Å². The molecule has 0 aliphatic rings. The molecule has 0 atom stereocenters. The maximum absolute atomic E-state index is 12.1. The van der Waals surface area contributed by atoms with Crippen LogP contribution in [0.5, 0.6) is 5.75 Å². The van der Waals surface area contributed by atoms with Crippen LogP contribution in [0.3, 0.4) is 0 Å². The predicted octanol–water partition coefficient (Wildman–Crippen LogP) is 3.11. The third-order valence-corrected chi connectivity index (χ3v) is 3.41. The number of nitrogens with two attached hydrogens (primary N) is 1. The fourth-order valence-electron chi connectivity index (χ4n) is 1.63. The number of benzene rings is 2. The first-order chi connectivity index (χ1) is 10.5. The van der Waals surface area contributed by atoms with Gasteiger partial charge in [0.1, 0.15) is 5.75 Å². The Balaban J connectivity index is 2.02. The van der Waals surface area contributed by atoms with Crippen molar-refractivity contribution in [2.75, 3.05) is 11.9 Å². The summed E-state index contributed by atoms with van der Waals surface area (Å²) in [5.41, 5.74) is 5.95. The number of hydrogen-bond donors (Lipinski definition) is 2. The van der Waals surface area contributed by atoms with Gasteiger partial charge in [-0.15, -0.1) is 0 Å². The van der Waals surface area contributed by atoms with E-state index in [4.69, 9.17) is 33.7 Å². The molecule has 0 fully saturated rings. The van der Waals surface area contributed by atoms with E-state index in [1.807, 2.05) is 0 Å². The number of primary amides is 1. The Hall–Kier alpha value is -2.24. The first-order valence-corrected chi connectivity index (χ1v) is 6.99. The molecule has 2 aromatic carbocycles. The number of rotatable bonds is 5. The van der Waals surface area contributed by atoms with Crippen LogP contribution in [0.4, 0.5) is 5.69 Å². The average molecular weight is 339 g/mol. The highest BCUT2D eigenvalue weighted by atomic mass is 35.5. The standard InChI is InChI=1S/C15H12Cl2N2O3/c16-12-6-1-9(7-13(12)17)15(21)19-10-2-4-11(5-3-10)22-8-14(18)20/h1-7H,8H2,(H2,18,20)(H,19,21). The van der Waals surface area contributed by atoms with Gasteiger partial charge in [0.25, 0.3) is 11.8 Å². The van der Waals surface area contributed by atoms with Crippen LogP contribution in [0, 0.1) is 0 Å². The molecule has 0 spiro atoms. The van der Waals surface area contributed by atoms with Crippen molar-refractivity contribution in [3.05, 3.63) is 58.1 Å². The minimum atomic E-state index is -0.558. The third kappa shape index (κ3) is 4.38. The van der Waals surface area contributed by atoms with E-state index in [1.54, 1.807) is 36.4 Å². The number of hydrogen-bond acceptors (Lipinski definition) is 3. The quantitative estimate of drug-likeness (QED) is 0.878. The van der Waals surface area contributed by atoms with Crippen LogP contribution in [0.2, 0.25) is 10.0 Å². The molecule has 0 aromatic heterocycles. The number of carbonyl (C=O) groups excluding carboxylic acids is 2. The molecular formula is C15H12Cl2N2O3. The first kappa shape index (κ1) is 16.1. The van der Waals surface area contributed by atoms with Crippen LogP contribution in [0.15, 0.2) is 42.5 Å². The Labute approximate surface area is 137 Å². The van der Waals surface area contributed by atoms with E-state index >= 15 is 0 Å². The fraction of sp³-hybridized carbons (Fsp3) is 0.0667. The van der Waals surface area contributed by atoms with Crippen LogP contribution in [0.1, 0.15) is 10.4 Å². The summed E-state index contributed by atoms with van der Waals surface area (Å²) in [5, 5.41) is 3.40. The maximum Gasteiger partial charge on any atom is 0.255 e. The van der Waals surface area contributed by atoms with Gasteiger partial charge in [-0.05, 0) is 42.5 Å². The van der Waals surface area contributed by atoms with Gasteiger partial charge in [0.15, 0.2) is 6.61 Å². The van der Waals surface area contributed by atoms with E-state index in [0.717, 1.165) is 0 Å². The van der Waals surface area contributed by atoms with Crippen molar-refractivity contribution in [1.82, 2.24) is 0 Å². The normalized spacial score (nSPS) is 10.1. The smallest absolute Gasteiger partial charge is 0.255 e. The second-order valence-electron chi connectivity index (χ2n) is 4.36. The molecule has 22 heavy (non-hydrogen) atoms. The van der Waals surface area contributed by atoms with Gasteiger partial charge in [-0.3, -0.25) is 9.59 Å². The molecule has 5 nitrogen and oxygen atoms in total. The minimum absolute atomic E-state index is 0.199. The molecule has 3 N–H and O–H groups in total. The highest BCUT2D eigenvalue weighted by molar-refractivity contribution is 6.42. The van der Waals surface area contributed by atoms with E-state index in [9.17, 15) is 9.59 Å². The number of carbonyl (C=O) groups is 2. The zero-order valence-electron chi connectivity index (χ0n) is 11.3. The minimum Gasteiger partial charge on any atom is -0.484 e. The van der Waals surface area contributed by atoms with Crippen molar-refractivity contribution in [2.45, 2.75) is 0 Å². The van der Waals surface area contributed by atoms with Crippen LogP contribution in [0.25, 0.3) is 0 Å². The molecule has 0 bridgehead atoms. The molecule has 0 saturated carbocycles. The second kappa shape index (κ2) is 7.15. The van der Waals surface area contributed by atoms with E-state index in [0.29, 0.717) is 27.0 Å². The molecule has 0 aliphatic heterocycles. The van der Waals surface area contributed by atoms with Crippen molar-refractivity contribution in [3.63, 3.8) is 0 Å². The molecule has 0 heterocycles. The van der Waals surface area contributed by atoms with E-state index in [2.05, 4.69) is 5.32 Å². The van der Waals surface area contributed by atoms with Crippen LogP contribution >= 0.6 is 23.2 Å². The lowest BCUT2D eigenvalue weighted by Crippen LogP contribution is -2.20. The van der Waals surface area contributed by atoms with Gasteiger partial charge in [-0.2, -0.15) is 0 Å². The summed E-state index contributed by atoms with van der Waals surface area (Å²) in [6, 6.07) is 11.1.